The van der Waals surface area contributed by atoms with Gasteiger partial charge >= 0.3 is 5.97 Å². The lowest BCUT2D eigenvalue weighted by molar-refractivity contribution is 0.0599. The van der Waals surface area contributed by atoms with Crippen LogP contribution >= 0.6 is 0 Å². The first-order chi connectivity index (χ1) is 12.5. The van der Waals surface area contributed by atoms with E-state index in [0.29, 0.717) is 40.4 Å². The number of carbonyl (C=O) groups excluding carboxylic acids is 2. The van der Waals surface area contributed by atoms with Crippen LogP contribution in [0.5, 0.6) is 0 Å². The minimum atomic E-state index is -0.457. The number of aryl methyl sites for hydroxylation is 1. The Hall–Kier alpha value is -3.42. The van der Waals surface area contributed by atoms with Crippen molar-refractivity contribution < 1.29 is 14.3 Å². The van der Waals surface area contributed by atoms with Gasteiger partial charge in [0.2, 0.25) is 0 Å². The molecule has 0 bridgehead atoms. The molecule has 1 amide bonds. The van der Waals surface area contributed by atoms with E-state index in [9.17, 15) is 9.59 Å². The van der Waals surface area contributed by atoms with Crippen LogP contribution in [0.4, 0.5) is 5.69 Å². The Labute approximate surface area is 150 Å². The number of carbonyl (C=O) groups is 2. The molecule has 134 valence electrons. The maximum atomic E-state index is 12.6. The lowest BCUT2D eigenvalue weighted by Gasteiger charge is -2.06. The van der Waals surface area contributed by atoms with E-state index in [1.54, 1.807) is 48.5 Å². The summed E-state index contributed by atoms with van der Waals surface area (Å²) in [6, 6.07) is 3.52. The highest BCUT2D eigenvalue weighted by atomic mass is 16.5. The van der Waals surface area contributed by atoms with E-state index in [-0.39, 0.29) is 5.91 Å². The molecule has 26 heavy (non-hydrogen) atoms. The summed E-state index contributed by atoms with van der Waals surface area (Å²) in [6.07, 6.45) is 7.23. The zero-order valence-electron chi connectivity index (χ0n) is 14.7. The van der Waals surface area contributed by atoms with Crippen LogP contribution < -0.4 is 5.32 Å². The topological polar surface area (TPSA) is 102 Å². The van der Waals surface area contributed by atoms with E-state index < -0.39 is 5.97 Å². The monoisotopic (exact) mass is 353 g/mol. The Morgan fingerprint density at radius 2 is 2.15 bits per heavy atom. The number of aromatic amines is 1. The highest BCUT2D eigenvalue weighted by Gasteiger charge is 2.23. The molecule has 0 aliphatic heterocycles. The van der Waals surface area contributed by atoms with Gasteiger partial charge in [-0.25, -0.2) is 14.8 Å². The third-order valence-corrected chi connectivity index (χ3v) is 4.07. The Bertz CT molecular complexity index is 927. The summed E-state index contributed by atoms with van der Waals surface area (Å²) in [5, 5.41) is 2.78. The maximum Gasteiger partial charge on any atom is 0.339 e. The number of hydrogen-bond donors (Lipinski definition) is 2. The molecule has 8 heteroatoms. The van der Waals surface area contributed by atoms with E-state index in [2.05, 4.69) is 20.3 Å². The SMILES string of the molecule is CCc1[nH]c(C(=O)Nc2ccc(-n3ccnc3)nc2)c(C)c1C(=O)OC. The second-order valence-corrected chi connectivity index (χ2v) is 5.65. The van der Waals surface area contributed by atoms with E-state index >= 15 is 0 Å². The zero-order chi connectivity index (χ0) is 18.7. The van der Waals surface area contributed by atoms with E-state index in [4.69, 9.17) is 4.74 Å². The van der Waals surface area contributed by atoms with Crippen molar-refractivity contribution in [1.29, 1.82) is 0 Å². The van der Waals surface area contributed by atoms with Gasteiger partial charge in [-0.2, -0.15) is 0 Å². The van der Waals surface area contributed by atoms with Crippen LogP contribution in [0.1, 0.15) is 39.0 Å². The largest absolute Gasteiger partial charge is 0.465 e. The molecule has 0 fully saturated rings. The van der Waals surface area contributed by atoms with Crippen LogP contribution in [0, 0.1) is 6.92 Å². The third-order valence-electron chi connectivity index (χ3n) is 4.07. The minimum absolute atomic E-state index is 0.334. The second-order valence-electron chi connectivity index (χ2n) is 5.65. The molecule has 0 radical (unpaired) electrons. The summed E-state index contributed by atoms with van der Waals surface area (Å²) >= 11 is 0. The van der Waals surface area contributed by atoms with Crippen molar-refractivity contribution in [3.05, 3.63) is 59.6 Å². The van der Waals surface area contributed by atoms with Gasteiger partial charge in [-0.05, 0) is 31.0 Å². The van der Waals surface area contributed by atoms with Crippen molar-refractivity contribution in [1.82, 2.24) is 19.5 Å². The number of esters is 1. The van der Waals surface area contributed by atoms with E-state index in [0.717, 1.165) is 0 Å². The molecule has 0 aliphatic rings. The van der Waals surface area contributed by atoms with Gasteiger partial charge in [0, 0.05) is 18.1 Å². The number of hydrogen-bond acceptors (Lipinski definition) is 5. The van der Waals surface area contributed by atoms with Crippen molar-refractivity contribution in [3.63, 3.8) is 0 Å². The highest BCUT2D eigenvalue weighted by molar-refractivity contribution is 6.06. The summed E-state index contributed by atoms with van der Waals surface area (Å²) in [6.45, 7) is 3.62. The molecular formula is C18H19N5O3. The molecule has 0 aliphatic carbocycles. The molecule has 3 aromatic rings. The summed E-state index contributed by atoms with van der Waals surface area (Å²) in [5.41, 5.74) is 2.53. The average Bonchev–Trinajstić information content (AvgIpc) is 3.29. The van der Waals surface area contributed by atoms with Gasteiger partial charge in [-0.1, -0.05) is 6.92 Å². The summed E-state index contributed by atoms with van der Waals surface area (Å²) in [4.78, 5) is 35.9. The van der Waals surface area contributed by atoms with E-state index in [1.807, 2.05) is 6.92 Å². The van der Waals surface area contributed by atoms with Crippen molar-refractivity contribution in [2.24, 2.45) is 0 Å². The van der Waals surface area contributed by atoms with Crippen LogP contribution in [0.3, 0.4) is 0 Å². The first-order valence-corrected chi connectivity index (χ1v) is 8.10. The van der Waals surface area contributed by atoms with Crippen molar-refractivity contribution in [3.8, 4) is 5.82 Å². The molecule has 0 spiro atoms. The average molecular weight is 353 g/mol. The maximum absolute atomic E-state index is 12.6. The fourth-order valence-corrected chi connectivity index (χ4v) is 2.73. The fraction of sp³-hybridized carbons (Fsp3) is 0.222. The lowest BCUT2D eigenvalue weighted by atomic mass is 10.1. The van der Waals surface area contributed by atoms with Gasteiger partial charge in [0.25, 0.3) is 5.91 Å². The van der Waals surface area contributed by atoms with Crippen molar-refractivity contribution in [2.45, 2.75) is 20.3 Å². The summed E-state index contributed by atoms with van der Waals surface area (Å²) in [5.74, 6) is -0.108. The van der Waals surface area contributed by atoms with Crippen LogP contribution in [-0.2, 0) is 11.2 Å². The number of aromatic nitrogens is 4. The summed E-state index contributed by atoms with van der Waals surface area (Å²) in [7, 11) is 1.32. The number of rotatable bonds is 5. The molecule has 0 atom stereocenters. The van der Waals surface area contributed by atoms with Gasteiger partial charge in [-0.3, -0.25) is 9.36 Å². The number of nitrogens with zero attached hydrogens (tertiary/aromatic N) is 3. The molecule has 0 saturated heterocycles. The number of H-pyrrole nitrogens is 1. The number of ether oxygens (including phenoxy) is 1. The van der Waals surface area contributed by atoms with Gasteiger partial charge in [-0.15, -0.1) is 0 Å². The van der Waals surface area contributed by atoms with Gasteiger partial charge < -0.3 is 15.0 Å². The predicted molar refractivity (Wildman–Crippen MR) is 95.6 cm³/mol. The van der Waals surface area contributed by atoms with Crippen molar-refractivity contribution in [2.75, 3.05) is 12.4 Å². The van der Waals surface area contributed by atoms with Crippen LogP contribution in [-0.4, -0.2) is 38.5 Å². The Kier molecular flexibility index (Phi) is 4.83. The number of pyridine rings is 1. The minimum Gasteiger partial charge on any atom is -0.465 e. The Morgan fingerprint density at radius 1 is 1.35 bits per heavy atom. The smallest absolute Gasteiger partial charge is 0.339 e. The van der Waals surface area contributed by atoms with Gasteiger partial charge in [0.15, 0.2) is 0 Å². The van der Waals surface area contributed by atoms with Gasteiger partial charge in [0.1, 0.15) is 17.8 Å². The summed E-state index contributed by atoms with van der Waals surface area (Å²) < 4.78 is 6.57. The molecule has 2 N–H and O–H groups in total. The zero-order valence-corrected chi connectivity index (χ0v) is 14.7. The van der Waals surface area contributed by atoms with E-state index in [1.165, 1.54) is 7.11 Å². The molecular weight excluding hydrogens is 334 g/mol. The predicted octanol–water partition coefficient (Wildman–Crippen LogP) is 2.51. The highest BCUT2D eigenvalue weighted by Crippen LogP contribution is 2.21. The molecule has 3 rings (SSSR count). The Morgan fingerprint density at radius 3 is 2.73 bits per heavy atom. The number of methoxy groups -OCH3 is 1. The molecule has 8 nitrogen and oxygen atoms in total. The third kappa shape index (κ3) is 3.21. The first-order valence-electron chi connectivity index (χ1n) is 8.10. The Balaban J connectivity index is 1.82. The van der Waals surface area contributed by atoms with Crippen LogP contribution in [0.15, 0.2) is 37.1 Å². The van der Waals surface area contributed by atoms with Crippen LogP contribution in [0.25, 0.3) is 5.82 Å². The normalized spacial score (nSPS) is 10.6. The number of imidazole rings is 1. The quantitative estimate of drug-likeness (QED) is 0.686. The number of amides is 1. The molecule has 3 aromatic heterocycles. The molecule has 3 heterocycles. The van der Waals surface area contributed by atoms with Gasteiger partial charge in [0.05, 0.1) is 24.6 Å². The molecule has 0 unspecified atom stereocenters. The molecule has 0 saturated carbocycles. The van der Waals surface area contributed by atoms with Crippen LogP contribution in [0.2, 0.25) is 0 Å². The second kappa shape index (κ2) is 7.22. The standard InChI is InChI=1S/C18H19N5O3/c1-4-13-15(18(25)26-3)11(2)16(22-13)17(24)21-12-5-6-14(20-9-12)23-8-7-19-10-23/h5-10,22H,4H2,1-3H3,(H,21,24). The molecule has 0 aromatic carbocycles. The fourth-order valence-electron chi connectivity index (χ4n) is 2.73. The number of anilines is 1. The number of nitrogens with one attached hydrogen (secondary N) is 2. The lowest BCUT2D eigenvalue weighted by Crippen LogP contribution is -2.14. The first kappa shape index (κ1) is 17.4. The van der Waals surface area contributed by atoms with Crippen molar-refractivity contribution >= 4 is 17.6 Å².